The number of ether oxygens (including phenoxy) is 1. The molecule has 4 heteroatoms. The summed E-state index contributed by atoms with van der Waals surface area (Å²) in [6, 6.07) is 8.10. The van der Waals surface area contributed by atoms with Crippen LogP contribution in [0.5, 0.6) is 0 Å². The summed E-state index contributed by atoms with van der Waals surface area (Å²) < 4.78 is 11.7. The molecule has 0 spiro atoms. The van der Waals surface area contributed by atoms with E-state index in [0.29, 0.717) is 5.92 Å². The van der Waals surface area contributed by atoms with Crippen molar-refractivity contribution in [3.63, 3.8) is 0 Å². The van der Waals surface area contributed by atoms with Gasteiger partial charge in [-0.05, 0) is 50.1 Å². The minimum absolute atomic E-state index is 0.219. The molecule has 0 radical (unpaired) electrons. The third kappa shape index (κ3) is 3.42. The second-order valence-electron chi connectivity index (χ2n) is 5.74. The normalized spacial score (nSPS) is 20.8. The first kappa shape index (κ1) is 14.9. The summed E-state index contributed by atoms with van der Waals surface area (Å²) in [7, 11) is 0. The van der Waals surface area contributed by atoms with Crippen molar-refractivity contribution in [3.05, 3.63) is 35.0 Å². The minimum Gasteiger partial charge on any atom is -0.459 e. The van der Waals surface area contributed by atoms with Gasteiger partial charge in [-0.3, -0.25) is 0 Å². The van der Waals surface area contributed by atoms with Gasteiger partial charge in [0, 0.05) is 22.9 Å². The van der Waals surface area contributed by atoms with Crippen LogP contribution >= 0.6 is 11.6 Å². The zero-order chi connectivity index (χ0) is 14.7. The highest BCUT2D eigenvalue weighted by molar-refractivity contribution is 6.31. The Hall–Kier alpha value is -1.03. The first-order valence-corrected chi connectivity index (χ1v) is 8.16. The topological polar surface area (TPSA) is 34.4 Å². The Balaban J connectivity index is 1.88. The summed E-state index contributed by atoms with van der Waals surface area (Å²) in [5.41, 5.74) is 0.898. The molecule has 21 heavy (non-hydrogen) atoms. The van der Waals surface area contributed by atoms with Crippen LogP contribution in [0.3, 0.4) is 0 Å². The zero-order valence-electron chi connectivity index (χ0n) is 12.4. The molecular formula is C17H22ClNO2. The number of rotatable bonds is 5. The van der Waals surface area contributed by atoms with Crippen molar-refractivity contribution in [2.24, 2.45) is 5.92 Å². The first-order chi connectivity index (χ1) is 10.3. The third-order valence-corrected chi connectivity index (χ3v) is 4.32. The lowest BCUT2D eigenvalue weighted by molar-refractivity contribution is 0.0358. The molecule has 1 aliphatic heterocycles. The monoisotopic (exact) mass is 307 g/mol. The lowest BCUT2D eigenvalue weighted by Crippen LogP contribution is -2.33. The van der Waals surface area contributed by atoms with Crippen molar-refractivity contribution in [1.29, 1.82) is 0 Å². The first-order valence-electron chi connectivity index (χ1n) is 7.78. The largest absolute Gasteiger partial charge is 0.459 e. The SMILES string of the molecule is CCCNC(c1cc2cc(Cl)ccc2o1)C1CCCOC1. The van der Waals surface area contributed by atoms with Crippen LogP contribution in [0.15, 0.2) is 28.7 Å². The molecule has 1 saturated heterocycles. The lowest BCUT2D eigenvalue weighted by Gasteiger charge is -2.29. The molecule has 3 nitrogen and oxygen atoms in total. The Bertz CT molecular complexity index is 589. The van der Waals surface area contributed by atoms with Crippen LogP contribution < -0.4 is 5.32 Å². The number of benzene rings is 1. The molecule has 1 N–H and O–H groups in total. The summed E-state index contributed by atoms with van der Waals surface area (Å²) in [4.78, 5) is 0. The van der Waals surface area contributed by atoms with Gasteiger partial charge in [-0.25, -0.2) is 0 Å². The van der Waals surface area contributed by atoms with E-state index in [-0.39, 0.29) is 6.04 Å². The number of hydrogen-bond acceptors (Lipinski definition) is 3. The number of furan rings is 1. The lowest BCUT2D eigenvalue weighted by atomic mass is 9.92. The van der Waals surface area contributed by atoms with Gasteiger partial charge >= 0.3 is 0 Å². The maximum Gasteiger partial charge on any atom is 0.134 e. The van der Waals surface area contributed by atoms with Crippen molar-refractivity contribution < 1.29 is 9.15 Å². The van der Waals surface area contributed by atoms with Gasteiger partial charge in [0.1, 0.15) is 11.3 Å². The van der Waals surface area contributed by atoms with E-state index in [1.807, 2.05) is 18.2 Å². The van der Waals surface area contributed by atoms with Gasteiger partial charge in [0.05, 0.1) is 12.6 Å². The molecular weight excluding hydrogens is 286 g/mol. The summed E-state index contributed by atoms with van der Waals surface area (Å²) in [6.07, 6.45) is 3.41. The maximum absolute atomic E-state index is 6.06. The molecule has 0 saturated carbocycles. The van der Waals surface area contributed by atoms with Crippen molar-refractivity contribution in [1.82, 2.24) is 5.32 Å². The molecule has 1 aromatic carbocycles. The zero-order valence-corrected chi connectivity index (χ0v) is 13.2. The average Bonchev–Trinajstić information content (AvgIpc) is 2.91. The fourth-order valence-corrected chi connectivity index (χ4v) is 3.20. The van der Waals surface area contributed by atoms with E-state index in [4.69, 9.17) is 20.8 Å². The quantitative estimate of drug-likeness (QED) is 0.879. The van der Waals surface area contributed by atoms with E-state index in [2.05, 4.69) is 18.3 Å². The summed E-state index contributed by atoms with van der Waals surface area (Å²) >= 11 is 6.06. The highest BCUT2D eigenvalue weighted by atomic mass is 35.5. The van der Waals surface area contributed by atoms with Gasteiger partial charge in [0.15, 0.2) is 0 Å². The number of hydrogen-bond donors (Lipinski definition) is 1. The molecule has 114 valence electrons. The van der Waals surface area contributed by atoms with Crippen LogP contribution in [-0.2, 0) is 4.74 Å². The molecule has 1 fully saturated rings. The third-order valence-electron chi connectivity index (χ3n) is 4.09. The Morgan fingerprint density at radius 1 is 1.38 bits per heavy atom. The van der Waals surface area contributed by atoms with Gasteiger partial charge in [-0.2, -0.15) is 0 Å². The molecule has 2 atom stereocenters. The van der Waals surface area contributed by atoms with Crippen molar-refractivity contribution in [3.8, 4) is 0 Å². The molecule has 1 aromatic heterocycles. The number of fused-ring (bicyclic) bond motifs is 1. The Morgan fingerprint density at radius 2 is 2.29 bits per heavy atom. The minimum atomic E-state index is 0.219. The molecule has 0 bridgehead atoms. The summed E-state index contributed by atoms with van der Waals surface area (Å²) in [5.74, 6) is 1.47. The maximum atomic E-state index is 6.06. The predicted octanol–water partition coefficient (Wildman–Crippen LogP) is 4.55. The van der Waals surface area contributed by atoms with Crippen LogP contribution in [-0.4, -0.2) is 19.8 Å². The van der Waals surface area contributed by atoms with E-state index in [1.54, 1.807) is 0 Å². The Morgan fingerprint density at radius 3 is 3.05 bits per heavy atom. The van der Waals surface area contributed by atoms with Crippen LogP contribution in [0, 0.1) is 5.92 Å². The fourth-order valence-electron chi connectivity index (χ4n) is 3.02. The van der Waals surface area contributed by atoms with E-state index >= 15 is 0 Å². The van der Waals surface area contributed by atoms with Crippen LogP contribution in [0.2, 0.25) is 5.02 Å². The molecule has 2 unspecified atom stereocenters. The fraction of sp³-hybridized carbons (Fsp3) is 0.529. The van der Waals surface area contributed by atoms with Gasteiger partial charge in [0.2, 0.25) is 0 Å². The van der Waals surface area contributed by atoms with Crippen LogP contribution in [0.4, 0.5) is 0 Å². The predicted molar refractivity (Wildman–Crippen MR) is 85.8 cm³/mol. The van der Waals surface area contributed by atoms with Gasteiger partial charge in [-0.1, -0.05) is 18.5 Å². The van der Waals surface area contributed by atoms with Gasteiger partial charge in [-0.15, -0.1) is 0 Å². The second-order valence-corrected chi connectivity index (χ2v) is 6.18. The second kappa shape index (κ2) is 6.82. The molecule has 1 aliphatic rings. The average molecular weight is 308 g/mol. The highest BCUT2D eigenvalue weighted by Gasteiger charge is 2.27. The number of nitrogens with one attached hydrogen (secondary N) is 1. The molecule has 0 amide bonds. The van der Waals surface area contributed by atoms with Crippen LogP contribution in [0.1, 0.15) is 38.0 Å². The van der Waals surface area contributed by atoms with Gasteiger partial charge < -0.3 is 14.5 Å². The molecule has 2 heterocycles. The Labute approximate surface area is 130 Å². The molecule has 3 rings (SSSR count). The van der Waals surface area contributed by atoms with E-state index < -0.39 is 0 Å². The van der Waals surface area contributed by atoms with Crippen LogP contribution in [0.25, 0.3) is 11.0 Å². The smallest absolute Gasteiger partial charge is 0.134 e. The van der Waals surface area contributed by atoms with E-state index in [1.165, 1.54) is 6.42 Å². The molecule has 2 aromatic rings. The molecule has 0 aliphatic carbocycles. The van der Waals surface area contributed by atoms with Crippen molar-refractivity contribution >= 4 is 22.6 Å². The standard InChI is InChI=1S/C17H22ClNO2/c1-2-7-19-17(12-4-3-8-20-11-12)16-10-13-9-14(18)5-6-15(13)21-16/h5-6,9-10,12,17,19H,2-4,7-8,11H2,1H3. The van der Waals surface area contributed by atoms with Gasteiger partial charge in [0.25, 0.3) is 0 Å². The summed E-state index contributed by atoms with van der Waals surface area (Å²) in [6.45, 7) is 4.85. The highest BCUT2D eigenvalue weighted by Crippen LogP contribution is 2.33. The summed E-state index contributed by atoms with van der Waals surface area (Å²) in [5, 5.41) is 5.44. The Kier molecular flexibility index (Phi) is 4.84. The van der Waals surface area contributed by atoms with E-state index in [0.717, 1.165) is 54.4 Å². The number of halogens is 1. The van der Waals surface area contributed by atoms with E-state index in [9.17, 15) is 0 Å². The van der Waals surface area contributed by atoms with Crippen molar-refractivity contribution in [2.45, 2.75) is 32.2 Å². The van der Waals surface area contributed by atoms with Crippen molar-refractivity contribution in [2.75, 3.05) is 19.8 Å².